The minimum atomic E-state index is -0.335. The van der Waals surface area contributed by atoms with Crippen molar-refractivity contribution >= 4 is 0 Å². The Balaban J connectivity index is 2.25. The Labute approximate surface area is 97.4 Å². The molecule has 0 spiro atoms. The molecule has 0 amide bonds. The SMILES string of the molecule is COCCNCC(O)Cc1cccc(C)c1. The van der Waals surface area contributed by atoms with Gasteiger partial charge < -0.3 is 15.2 Å². The average molecular weight is 223 g/mol. The monoisotopic (exact) mass is 223 g/mol. The Hall–Kier alpha value is -0.900. The van der Waals surface area contributed by atoms with Crippen molar-refractivity contribution in [3.63, 3.8) is 0 Å². The van der Waals surface area contributed by atoms with E-state index in [1.54, 1.807) is 7.11 Å². The number of nitrogens with one attached hydrogen (secondary N) is 1. The lowest BCUT2D eigenvalue weighted by Crippen LogP contribution is -2.30. The van der Waals surface area contributed by atoms with Gasteiger partial charge in [-0.3, -0.25) is 0 Å². The van der Waals surface area contributed by atoms with Gasteiger partial charge in [-0.15, -0.1) is 0 Å². The molecular formula is C13H21NO2. The molecule has 90 valence electrons. The number of benzene rings is 1. The topological polar surface area (TPSA) is 41.5 Å². The van der Waals surface area contributed by atoms with Gasteiger partial charge in [-0.25, -0.2) is 0 Å². The van der Waals surface area contributed by atoms with Crippen LogP contribution in [0.3, 0.4) is 0 Å². The van der Waals surface area contributed by atoms with E-state index < -0.39 is 0 Å². The molecule has 0 aliphatic rings. The number of aryl methyl sites for hydroxylation is 1. The van der Waals surface area contributed by atoms with E-state index in [2.05, 4.69) is 24.4 Å². The average Bonchev–Trinajstić information content (AvgIpc) is 2.24. The van der Waals surface area contributed by atoms with Crippen molar-refractivity contribution in [3.05, 3.63) is 35.4 Å². The molecule has 0 heterocycles. The van der Waals surface area contributed by atoms with Crippen LogP contribution in [0.15, 0.2) is 24.3 Å². The largest absolute Gasteiger partial charge is 0.391 e. The highest BCUT2D eigenvalue weighted by molar-refractivity contribution is 5.22. The second-order valence-corrected chi connectivity index (χ2v) is 4.04. The van der Waals surface area contributed by atoms with Gasteiger partial charge in [0.05, 0.1) is 12.7 Å². The Bertz CT molecular complexity index is 302. The normalized spacial score (nSPS) is 12.7. The zero-order chi connectivity index (χ0) is 11.8. The van der Waals surface area contributed by atoms with Crippen LogP contribution in [0.25, 0.3) is 0 Å². The molecule has 1 rings (SSSR count). The number of hydrogen-bond donors (Lipinski definition) is 2. The molecule has 1 aromatic carbocycles. The van der Waals surface area contributed by atoms with Crippen LogP contribution in [0.1, 0.15) is 11.1 Å². The fraction of sp³-hybridized carbons (Fsp3) is 0.538. The summed E-state index contributed by atoms with van der Waals surface area (Å²) >= 11 is 0. The van der Waals surface area contributed by atoms with Gasteiger partial charge in [0.1, 0.15) is 0 Å². The number of aliphatic hydroxyl groups excluding tert-OH is 1. The van der Waals surface area contributed by atoms with E-state index >= 15 is 0 Å². The van der Waals surface area contributed by atoms with Crippen molar-refractivity contribution in [3.8, 4) is 0 Å². The fourth-order valence-corrected chi connectivity index (χ4v) is 1.63. The van der Waals surface area contributed by atoms with Gasteiger partial charge in [0.2, 0.25) is 0 Å². The quantitative estimate of drug-likeness (QED) is 0.681. The minimum Gasteiger partial charge on any atom is -0.391 e. The predicted octanol–water partition coefficient (Wildman–Crippen LogP) is 1.13. The Kier molecular flexibility index (Phi) is 6.08. The van der Waals surface area contributed by atoms with E-state index in [9.17, 15) is 5.11 Å². The van der Waals surface area contributed by atoms with Crippen molar-refractivity contribution in [1.29, 1.82) is 0 Å². The molecule has 0 bridgehead atoms. The van der Waals surface area contributed by atoms with Crippen LogP contribution < -0.4 is 5.32 Å². The van der Waals surface area contributed by atoms with E-state index in [0.29, 0.717) is 19.6 Å². The summed E-state index contributed by atoms with van der Waals surface area (Å²) in [6, 6.07) is 8.24. The first kappa shape index (κ1) is 13.2. The second kappa shape index (κ2) is 7.39. The molecular weight excluding hydrogens is 202 g/mol. The minimum absolute atomic E-state index is 0.335. The first-order valence-corrected chi connectivity index (χ1v) is 5.65. The van der Waals surface area contributed by atoms with E-state index in [1.165, 1.54) is 11.1 Å². The third kappa shape index (κ3) is 5.26. The second-order valence-electron chi connectivity index (χ2n) is 4.04. The van der Waals surface area contributed by atoms with Gasteiger partial charge in [-0.05, 0) is 18.9 Å². The smallest absolute Gasteiger partial charge is 0.0704 e. The first-order chi connectivity index (χ1) is 7.72. The van der Waals surface area contributed by atoms with Gasteiger partial charge in [-0.2, -0.15) is 0 Å². The highest BCUT2D eigenvalue weighted by Gasteiger charge is 2.04. The molecule has 0 aliphatic heterocycles. The lowest BCUT2D eigenvalue weighted by atomic mass is 10.1. The standard InChI is InChI=1S/C13H21NO2/c1-11-4-3-5-12(8-11)9-13(15)10-14-6-7-16-2/h3-5,8,13-15H,6-7,9-10H2,1-2H3. The maximum Gasteiger partial charge on any atom is 0.0704 e. The number of aliphatic hydroxyl groups is 1. The van der Waals surface area contributed by atoms with Crippen molar-refractivity contribution in [1.82, 2.24) is 5.32 Å². The summed E-state index contributed by atoms with van der Waals surface area (Å²) in [5.74, 6) is 0. The van der Waals surface area contributed by atoms with Crippen molar-refractivity contribution < 1.29 is 9.84 Å². The van der Waals surface area contributed by atoms with Crippen LogP contribution in [0.2, 0.25) is 0 Å². The molecule has 2 N–H and O–H groups in total. The van der Waals surface area contributed by atoms with E-state index in [0.717, 1.165) is 6.54 Å². The molecule has 0 aliphatic carbocycles. The molecule has 0 radical (unpaired) electrons. The lowest BCUT2D eigenvalue weighted by Gasteiger charge is -2.12. The third-order valence-corrected chi connectivity index (χ3v) is 2.42. The number of rotatable bonds is 7. The van der Waals surface area contributed by atoms with Gasteiger partial charge >= 0.3 is 0 Å². The van der Waals surface area contributed by atoms with Crippen LogP contribution in [-0.2, 0) is 11.2 Å². The number of ether oxygens (including phenoxy) is 1. The molecule has 3 nitrogen and oxygen atoms in total. The van der Waals surface area contributed by atoms with Gasteiger partial charge in [0.25, 0.3) is 0 Å². The molecule has 3 heteroatoms. The zero-order valence-corrected chi connectivity index (χ0v) is 10.1. The van der Waals surface area contributed by atoms with E-state index in [-0.39, 0.29) is 6.10 Å². The highest BCUT2D eigenvalue weighted by atomic mass is 16.5. The fourth-order valence-electron chi connectivity index (χ4n) is 1.63. The lowest BCUT2D eigenvalue weighted by molar-refractivity contribution is 0.160. The van der Waals surface area contributed by atoms with Gasteiger partial charge in [0.15, 0.2) is 0 Å². The Morgan fingerprint density at radius 1 is 1.44 bits per heavy atom. The van der Waals surface area contributed by atoms with Gasteiger partial charge in [-0.1, -0.05) is 29.8 Å². The molecule has 0 aromatic heterocycles. The van der Waals surface area contributed by atoms with Crippen molar-refractivity contribution in [2.75, 3.05) is 26.8 Å². The number of hydrogen-bond acceptors (Lipinski definition) is 3. The predicted molar refractivity (Wildman–Crippen MR) is 65.6 cm³/mol. The van der Waals surface area contributed by atoms with Crippen LogP contribution in [0.4, 0.5) is 0 Å². The zero-order valence-electron chi connectivity index (χ0n) is 10.1. The number of methoxy groups -OCH3 is 1. The summed E-state index contributed by atoms with van der Waals surface area (Å²) in [4.78, 5) is 0. The van der Waals surface area contributed by atoms with Crippen LogP contribution in [-0.4, -0.2) is 38.0 Å². The van der Waals surface area contributed by atoms with Crippen molar-refractivity contribution in [2.45, 2.75) is 19.4 Å². The maximum absolute atomic E-state index is 9.79. The summed E-state index contributed by atoms with van der Waals surface area (Å²) in [5.41, 5.74) is 2.41. The summed E-state index contributed by atoms with van der Waals surface area (Å²) in [5, 5.41) is 12.9. The van der Waals surface area contributed by atoms with Crippen LogP contribution in [0.5, 0.6) is 0 Å². The molecule has 16 heavy (non-hydrogen) atoms. The van der Waals surface area contributed by atoms with Crippen LogP contribution >= 0.6 is 0 Å². The summed E-state index contributed by atoms with van der Waals surface area (Å²) in [6.07, 6.45) is 0.362. The molecule has 0 fully saturated rings. The molecule has 1 atom stereocenters. The molecule has 0 saturated heterocycles. The van der Waals surface area contributed by atoms with E-state index in [4.69, 9.17) is 4.74 Å². The first-order valence-electron chi connectivity index (χ1n) is 5.65. The Morgan fingerprint density at radius 2 is 2.25 bits per heavy atom. The Morgan fingerprint density at radius 3 is 2.94 bits per heavy atom. The van der Waals surface area contributed by atoms with E-state index in [1.807, 2.05) is 12.1 Å². The molecule has 0 saturated carbocycles. The summed E-state index contributed by atoms with van der Waals surface area (Å²) in [6.45, 7) is 4.13. The highest BCUT2D eigenvalue weighted by Crippen LogP contribution is 2.06. The maximum atomic E-state index is 9.79. The third-order valence-electron chi connectivity index (χ3n) is 2.42. The van der Waals surface area contributed by atoms with Crippen LogP contribution in [0, 0.1) is 6.92 Å². The van der Waals surface area contributed by atoms with Gasteiger partial charge in [0, 0.05) is 20.2 Å². The van der Waals surface area contributed by atoms with Crippen molar-refractivity contribution in [2.24, 2.45) is 0 Å². The molecule has 1 unspecified atom stereocenters. The molecule has 1 aromatic rings. The summed E-state index contributed by atoms with van der Waals surface area (Å²) < 4.78 is 4.91. The summed E-state index contributed by atoms with van der Waals surface area (Å²) in [7, 11) is 1.67.